The topological polar surface area (TPSA) is 55.1 Å². The first-order chi connectivity index (χ1) is 9.63. The van der Waals surface area contributed by atoms with Gasteiger partial charge >= 0.3 is 0 Å². The van der Waals surface area contributed by atoms with Crippen LogP contribution in [0.2, 0.25) is 0 Å². The van der Waals surface area contributed by atoms with E-state index in [0.717, 1.165) is 12.8 Å². The maximum absolute atomic E-state index is 13.6. The van der Waals surface area contributed by atoms with Crippen LogP contribution in [-0.2, 0) is 12.8 Å². The Balaban J connectivity index is 1.74. The molecule has 0 bridgehead atoms. The largest absolute Gasteiger partial charge is 0.399 e. The average molecular weight is 270 g/mol. The van der Waals surface area contributed by atoms with Gasteiger partial charge in [-0.2, -0.15) is 0 Å². The lowest BCUT2D eigenvalue weighted by Gasteiger charge is -2.12. The second-order valence-corrected chi connectivity index (χ2v) is 5.09. The van der Waals surface area contributed by atoms with Gasteiger partial charge in [0.1, 0.15) is 5.82 Å². The number of nitrogens with one attached hydrogen (secondary N) is 1. The molecule has 0 aliphatic heterocycles. The smallest absolute Gasteiger partial charge is 0.254 e. The van der Waals surface area contributed by atoms with Crippen LogP contribution in [-0.4, -0.2) is 11.9 Å². The molecule has 0 unspecified atom stereocenters. The fourth-order valence-corrected chi connectivity index (χ4v) is 2.64. The van der Waals surface area contributed by atoms with E-state index in [4.69, 9.17) is 5.73 Å². The molecule has 4 heteroatoms. The van der Waals surface area contributed by atoms with Gasteiger partial charge in [0.2, 0.25) is 0 Å². The Morgan fingerprint density at radius 3 is 2.45 bits per heavy atom. The Bertz CT molecular complexity index is 644. The lowest BCUT2D eigenvalue weighted by Crippen LogP contribution is -2.35. The highest BCUT2D eigenvalue weighted by atomic mass is 19.1. The van der Waals surface area contributed by atoms with Gasteiger partial charge in [-0.25, -0.2) is 4.39 Å². The molecule has 2 aromatic rings. The molecule has 0 saturated carbocycles. The summed E-state index contributed by atoms with van der Waals surface area (Å²) in [6.45, 7) is 0. The van der Waals surface area contributed by atoms with E-state index < -0.39 is 11.7 Å². The van der Waals surface area contributed by atoms with E-state index in [1.54, 1.807) is 0 Å². The zero-order chi connectivity index (χ0) is 14.1. The zero-order valence-electron chi connectivity index (χ0n) is 10.9. The first kappa shape index (κ1) is 12.7. The summed E-state index contributed by atoms with van der Waals surface area (Å²) < 4.78 is 13.6. The van der Waals surface area contributed by atoms with E-state index in [1.165, 1.54) is 29.3 Å². The minimum Gasteiger partial charge on any atom is -0.399 e. The average Bonchev–Trinajstić information content (AvgIpc) is 2.83. The van der Waals surface area contributed by atoms with Crippen molar-refractivity contribution in [2.24, 2.45) is 0 Å². The van der Waals surface area contributed by atoms with Crippen molar-refractivity contribution in [1.82, 2.24) is 5.32 Å². The standard InChI is InChI=1S/C16H15FN2O/c17-15-6-5-12(18)9-14(15)16(20)19-13-7-10-3-1-2-4-11(10)8-13/h1-6,9,13H,7-8,18H2,(H,19,20). The molecule has 1 aliphatic rings. The number of carbonyl (C=O) groups is 1. The number of amides is 1. The number of nitrogen functional groups attached to an aromatic ring is 1. The molecule has 0 fully saturated rings. The molecular weight excluding hydrogens is 255 g/mol. The van der Waals surface area contributed by atoms with E-state index in [-0.39, 0.29) is 11.6 Å². The molecule has 0 heterocycles. The van der Waals surface area contributed by atoms with Crippen LogP contribution >= 0.6 is 0 Å². The third-order valence-electron chi connectivity index (χ3n) is 3.62. The highest BCUT2D eigenvalue weighted by molar-refractivity contribution is 5.95. The predicted octanol–water partition coefficient (Wildman–Crippen LogP) is 2.31. The number of fused-ring (bicyclic) bond motifs is 1. The molecule has 0 spiro atoms. The van der Waals surface area contributed by atoms with Crippen molar-refractivity contribution in [2.75, 3.05) is 5.73 Å². The quantitative estimate of drug-likeness (QED) is 0.823. The SMILES string of the molecule is Nc1ccc(F)c(C(=O)NC2Cc3ccccc3C2)c1. The first-order valence-electron chi connectivity index (χ1n) is 6.56. The van der Waals surface area contributed by atoms with Gasteiger partial charge in [0.15, 0.2) is 0 Å². The van der Waals surface area contributed by atoms with Gasteiger partial charge in [-0.15, -0.1) is 0 Å². The minimum atomic E-state index is -0.549. The highest BCUT2D eigenvalue weighted by Gasteiger charge is 2.23. The third kappa shape index (κ3) is 2.37. The lowest BCUT2D eigenvalue weighted by molar-refractivity contribution is 0.0934. The van der Waals surface area contributed by atoms with E-state index in [1.807, 2.05) is 12.1 Å². The van der Waals surface area contributed by atoms with E-state index in [2.05, 4.69) is 17.4 Å². The lowest BCUT2D eigenvalue weighted by atomic mass is 10.1. The van der Waals surface area contributed by atoms with Crippen molar-refractivity contribution in [2.45, 2.75) is 18.9 Å². The fourth-order valence-electron chi connectivity index (χ4n) is 2.64. The van der Waals surface area contributed by atoms with Gasteiger partial charge in [0.25, 0.3) is 5.91 Å². The third-order valence-corrected chi connectivity index (χ3v) is 3.62. The number of benzene rings is 2. The van der Waals surface area contributed by atoms with Crippen molar-refractivity contribution in [3.05, 3.63) is 65.0 Å². The van der Waals surface area contributed by atoms with Crippen molar-refractivity contribution in [1.29, 1.82) is 0 Å². The van der Waals surface area contributed by atoms with E-state index >= 15 is 0 Å². The molecule has 102 valence electrons. The summed E-state index contributed by atoms with van der Waals surface area (Å²) in [4.78, 5) is 12.1. The molecule has 1 aliphatic carbocycles. The van der Waals surface area contributed by atoms with Gasteiger partial charge in [0, 0.05) is 11.7 Å². The molecule has 3 N–H and O–H groups in total. The molecule has 2 aromatic carbocycles. The number of rotatable bonds is 2. The minimum absolute atomic E-state index is 0.000885. The van der Waals surface area contributed by atoms with Crippen molar-refractivity contribution < 1.29 is 9.18 Å². The predicted molar refractivity (Wildman–Crippen MR) is 75.9 cm³/mol. The van der Waals surface area contributed by atoms with Gasteiger partial charge in [-0.05, 0) is 42.2 Å². The Labute approximate surface area is 116 Å². The molecule has 3 rings (SSSR count). The van der Waals surface area contributed by atoms with Crippen LogP contribution in [0.1, 0.15) is 21.5 Å². The molecule has 1 amide bonds. The summed E-state index contributed by atoms with van der Waals surface area (Å²) in [5.41, 5.74) is 8.46. The summed E-state index contributed by atoms with van der Waals surface area (Å²) in [5.74, 6) is -0.959. The van der Waals surface area contributed by atoms with Gasteiger partial charge in [0.05, 0.1) is 5.56 Å². The number of halogens is 1. The summed E-state index contributed by atoms with van der Waals surface area (Å²) in [6.07, 6.45) is 1.57. The van der Waals surface area contributed by atoms with Crippen molar-refractivity contribution in [3.8, 4) is 0 Å². The van der Waals surface area contributed by atoms with Crippen LogP contribution in [0.5, 0.6) is 0 Å². The molecule has 0 atom stereocenters. The van der Waals surface area contributed by atoms with Gasteiger partial charge in [-0.1, -0.05) is 24.3 Å². The maximum Gasteiger partial charge on any atom is 0.254 e. The second-order valence-electron chi connectivity index (χ2n) is 5.09. The molecular formula is C16H15FN2O. The summed E-state index contributed by atoms with van der Waals surface area (Å²) in [6, 6.07) is 12.1. The summed E-state index contributed by atoms with van der Waals surface area (Å²) >= 11 is 0. The zero-order valence-corrected chi connectivity index (χ0v) is 10.9. The van der Waals surface area contributed by atoms with Crippen molar-refractivity contribution >= 4 is 11.6 Å². The van der Waals surface area contributed by atoms with Crippen LogP contribution in [0.15, 0.2) is 42.5 Å². The fraction of sp³-hybridized carbons (Fsp3) is 0.188. The van der Waals surface area contributed by atoms with Crippen LogP contribution < -0.4 is 11.1 Å². The Morgan fingerprint density at radius 1 is 1.15 bits per heavy atom. The monoisotopic (exact) mass is 270 g/mol. The Kier molecular flexibility index (Phi) is 3.14. The Morgan fingerprint density at radius 2 is 1.80 bits per heavy atom. The first-order valence-corrected chi connectivity index (χ1v) is 6.56. The van der Waals surface area contributed by atoms with Crippen molar-refractivity contribution in [3.63, 3.8) is 0 Å². The molecule has 0 saturated heterocycles. The van der Waals surface area contributed by atoms with E-state index in [0.29, 0.717) is 5.69 Å². The number of hydrogen-bond donors (Lipinski definition) is 2. The second kappa shape index (κ2) is 4.96. The summed E-state index contributed by atoms with van der Waals surface area (Å²) in [5, 5.41) is 2.88. The molecule has 0 aromatic heterocycles. The Hall–Kier alpha value is -2.36. The summed E-state index contributed by atoms with van der Waals surface area (Å²) in [7, 11) is 0. The molecule has 20 heavy (non-hydrogen) atoms. The van der Waals surface area contributed by atoms with Crippen LogP contribution in [0.4, 0.5) is 10.1 Å². The number of hydrogen-bond acceptors (Lipinski definition) is 2. The van der Waals surface area contributed by atoms with Crippen LogP contribution in [0.25, 0.3) is 0 Å². The maximum atomic E-state index is 13.6. The van der Waals surface area contributed by atoms with Gasteiger partial charge < -0.3 is 11.1 Å². The molecule has 3 nitrogen and oxygen atoms in total. The number of nitrogens with two attached hydrogens (primary N) is 1. The van der Waals surface area contributed by atoms with E-state index in [9.17, 15) is 9.18 Å². The normalized spacial score (nSPS) is 14.1. The van der Waals surface area contributed by atoms with Crippen LogP contribution in [0, 0.1) is 5.82 Å². The number of anilines is 1. The van der Waals surface area contributed by atoms with Gasteiger partial charge in [-0.3, -0.25) is 4.79 Å². The van der Waals surface area contributed by atoms with Crippen LogP contribution in [0.3, 0.4) is 0 Å². The highest BCUT2D eigenvalue weighted by Crippen LogP contribution is 2.22. The number of carbonyl (C=O) groups excluding carboxylic acids is 1. The molecule has 0 radical (unpaired) electrons.